The summed E-state index contributed by atoms with van der Waals surface area (Å²) in [6.07, 6.45) is 2.02. The highest BCUT2D eigenvalue weighted by atomic mass is 27.2. The molecule has 3 aromatic carbocycles. The Morgan fingerprint density at radius 1 is 0.964 bits per heavy atom. The predicted molar refractivity (Wildman–Crippen MR) is 124 cm³/mol. The third-order valence-corrected chi connectivity index (χ3v) is 6.78. The lowest BCUT2D eigenvalue weighted by atomic mass is 10.0. The molecule has 0 spiro atoms. The molecule has 0 aliphatic carbocycles. The highest BCUT2D eigenvalue weighted by Gasteiger charge is 2.14. The second kappa shape index (κ2) is 9.74. The second-order valence-electron chi connectivity index (χ2n) is 7.83. The Bertz CT molecular complexity index is 947. The van der Waals surface area contributed by atoms with E-state index >= 15 is 0 Å². The fourth-order valence-electron chi connectivity index (χ4n) is 3.35. The molecule has 0 fully saturated rings. The van der Waals surface area contributed by atoms with Crippen LogP contribution in [0.2, 0.25) is 5.79 Å². The first-order chi connectivity index (χ1) is 13.5. The second-order valence-corrected chi connectivity index (χ2v) is 10.3. The van der Waals surface area contributed by atoms with Crippen LogP contribution in [0.1, 0.15) is 42.0 Å². The highest BCUT2D eigenvalue weighted by molar-refractivity contribution is 6.60. The number of hydrogen-bond acceptors (Lipinski definition) is 2. The van der Waals surface area contributed by atoms with E-state index < -0.39 is 14.4 Å². The predicted octanol–water partition coefficient (Wildman–Crippen LogP) is 6.68. The van der Waals surface area contributed by atoms with Gasteiger partial charge in [-0.1, -0.05) is 73.7 Å². The van der Waals surface area contributed by atoms with Crippen LogP contribution < -0.4 is 4.30 Å². The van der Waals surface area contributed by atoms with Gasteiger partial charge in [-0.25, -0.2) is 0 Å². The fraction of sp³-hybridized carbons (Fsp3) is 0.240. The highest BCUT2D eigenvalue weighted by Crippen LogP contribution is 2.21. The van der Waals surface area contributed by atoms with Crippen molar-refractivity contribution in [3.63, 3.8) is 0 Å². The molecule has 0 heterocycles. The van der Waals surface area contributed by atoms with Crippen LogP contribution in [0.5, 0.6) is 0 Å². The van der Waals surface area contributed by atoms with Crippen molar-refractivity contribution >= 4 is 32.0 Å². The molecular formula is C25H29AlN2. The van der Waals surface area contributed by atoms with Crippen molar-refractivity contribution in [2.24, 2.45) is 4.99 Å². The molecule has 3 rings (SSSR count). The number of rotatable bonds is 7. The molecule has 0 unspecified atom stereocenters. The number of aryl methyl sites for hydroxylation is 1. The summed E-state index contributed by atoms with van der Waals surface area (Å²) < 4.78 is 3.75. The van der Waals surface area contributed by atoms with E-state index in [9.17, 15) is 0 Å². The minimum absolute atomic E-state index is 0.516. The smallest absolute Gasteiger partial charge is 0.412 e. The van der Waals surface area contributed by atoms with E-state index in [2.05, 4.69) is 104 Å². The van der Waals surface area contributed by atoms with Crippen LogP contribution in [0.3, 0.4) is 0 Å². The Morgan fingerprint density at radius 2 is 1.75 bits per heavy atom. The third kappa shape index (κ3) is 5.83. The molecule has 0 bridgehead atoms. The Balaban J connectivity index is 1.73. The molecule has 0 atom stereocenters. The summed E-state index contributed by atoms with van der Waals surface area (Å²) in [6.45, 7) is 6.56. The first-order valence-electron chi connectivity index (χ1n) is 10.1. The Hall–Kier alpha value is -2.34. The van der Waals surface area contributed by atoms with Gasteiger partial charge in [0.05, 0.1) is 5.69 Å². The van der Waals surface area contributed by atoms with Gasteiger partial charge in [-0.3, -0.25) is 4.99 Å². The number of nitrogens with one attached hydrogen (secondary N) is 1. The van der Waals surface area contributed by atoms with Gasteiger partial charge in [-0.05, 0) is 59.1 Å². The van der Waals surface area contributed by atoms with Crippen molar-refractivity contribution in [3.05, 3.63) is 95.1 Å². The first-order valence-corrected chi connectivity index (χ1v) is 12.6. The maximum Gasteiger partial charge on any atom is 0.412 e. The van der Waals surface area contributed by atoms with Gasteiger partial charge in [-0.15, -0.1) is 0 Å². The first kappa shape index (κ1) is 20.4. The zero-order chi connectivity index (χ0) is 19.9. The van der Waals surface area contributed by atoms with Crippen molar-refractivity contribution in [3.8, 4) is 0 Å². The van der Waals surface area contributed by atoms with E-state index in [-0.39, 0.29) is 0 Å². The molecule has 0 aliphatic rings. The molecule has 1 N–H and O–H groups in total. The summed E-state index contributed by atoms with van der Waals surface area (Å²) in [5, 5.41) is 1.09. The van der Waals surface area contributed by atoms with Gasteiger partial charge in [0.25, 0.3) is 0 Å². The molecule has 142 valence electrons. The zero-order valence-electron chi connectivity index (χ0n) is 17.3. The molecule has 0 saturated heterocycles. The molecule has 0 aliphatic heterocycles. The SMILES string of the molecule is Cc1cccc([NH][Al]([CH3])[CH2]c2ccccc2C=Nc2cccc(C(C)C)c2)c1. The Labute approximate surface area is 174 Å². The van der Waals surface area contributed by atoms with Crippen LogP contribution in [-0.4, -0.2) is 20.6 Å². The zero-order valence-corrected chi connectivity index (χ0v) is 18.5. The number of aliphatic imine (C=N–C) groups is 1. The summed E-state index contributed by atoms with van der Waals surface area (Å²) in [6, 6.07) is 25.8. The monoisotopic (exact) mass is 384 g/mol. The lowest BCUT2D eigenvalue weighted by molar-refractivity contribution is 0.867. The molecule has 3 aromatic rings. The average Bonchev–Trinajstić information content (AvgIpc) is 2.67. The molecule has 28 heavy (non-hydrogen) atoms. The van der Waals surface area contributed by atoms with E-state index in [1.54, 1.807) is 0 Å². The molecule has 3 heteroatoms. The largest absolute Gasteiger partial charge is 0.476 e. The maximum absolute atomic E-state index is 4.75. The van der Waals surface area contributed by atoms with Crippen LogP contribution in [-0.2, 0) is 5.28 Å². The van der Waals surface area contributed by atoms with Gasteiger partial charge in [0.15, 0.2) is 0 Å². The van der Waals surface area contributed by atoms with Crippen molar-refractivity contribution in [1.29, 1.82) is 0 Å². The van der Waals surface area contributed by atoms with E-state index in [0.29, 0.717) is 5.92 Å². The summed E-state index contributed by atoms with van der Waals surface area (Å²) in [4.78, 5) is 4.75. The lowest BCUT2D eigenvalue weighted by Gasteiger charge is -2.13. The van der Waals surface area contributed by atoms with E-state index in [4.69, 9.17) is 4.99 Å². The van der Waals surface area contributed by atoms with Crippen molar-refractivity contribution in [2.45, 2.75) is 37.8 Å². The summed E-state index contributed by atoms with van der Waals surface area (Å²) in [5.41, 5.74) is 7.45. The summed E-state index contributed by atoms with van der Waals surface area (Å²) >= 11 is -1.14. The van der Waals surface area contributed by atoms with E-state index in [1.807, 2.05) is 6.21 Å². The van der Waals surface area contributed by atoms with Gasteiger partial charge >= 0.3 is 14.4 Å². The van der Waals surface area contributed by atoms with E-state index in [1.165, 1.54) is 27.9 Å². The quantitative estimate of drug-likeness (QED) is 0.356. The molecule has 0 radical (unpaired) electrons. The van der Waals surface area contributed by atoms with Gasteiger partial charge in [0, 0.05) is 11.9 Å². The number of hydrogen-bond donors (Lipinski definition) is 1. The topological polar surface area (TPSA) is 24.4 Å². The van der Waals surface area contributed by atoms with Gasteiger partial charge in [0.1, 0.15) is 0 Å². The van der Waals surface area contributed by atoms with Crippen molar-refractivity contribution < 1.29 is 0 Å². The van der Waals surface area contributed by atoms with Crippen LogP contribution in [0.4, 0.5) is 11.4 Å². The summed E-state index contributed by atoms with van der Waals surface area (Å²) in [7, 11) is 0. The molecular weight excluding hydrogens is 355 g/mol. The Kier molecular flexibility index (Phi) is 7.09. The van der Waals surface area contributed by atoms with Crippen molar-refractivity contribution in [2.75, 3.05) is 4.30 Å². The van der Waals surface area contributed by atoms with Crippen LogP contribution in [0.15, 0.2) is 77.8 Å². The number of benzene rings is 3. The van der Waals surface area contributed by atoms with Crippen LogP contribution in [0.25, 0.3) is 0 Å². The fourth-order valence-corrected chi connectivity index (χ4v) is 5.24. The molecule has 0 amide bonds. The maximum atomic E-state index is 4.75. The summed E-state index contributed by atoms with van der Waals surface area (Å²) in [5.74, 6) is 2.88. The van der Waals surface area contributed by atoms with Crippen LogP contribution >= 0.6 is 0 Å². The molecule has 0 saturated carbocycles. The minimum atomic E-state index is -1.14. The molecule has 2 nitrogen and oxygen atoms in total. The normalized spacial score (nSPS) is 11.2. The average molecular weight is 385 g/mol. The van der Waals surface area contributed by atoms with Crippen LogP contribution in [0, 0.1) is 6.92 Å². The number of nitrogens with zero attached hydrogens (tertiary/aromatic N) is 1. The third-order valence-electron chi connectivity index (χ3n) is 4.90. The molecule has 0 aromatic heterocycles. The number of anilines is 1. The van der Waals surface area contributed by atoms with Gasteiger partial charge < -0.3 is 4.30 Å². The lowest BCUT2D eigenvalue weighted by Crippen LogP contribution is -2.24. The Morgan fingerprint density at radius 3 is 2.54 bits per heavy atom. The van der Waals surface area contributed by atoms with E-state index in [0.717, 1.165) is 11.0 Å². The minimum Gasteiger partial charge on any atom is -0.476 e. The van der Waals surface area contributed by atoms with Gasteiger partial charge in [0.2, 0.25) is 0 Å². The van der Waals surface area contributed by atoms with Crippen molar-refractivity contribution in [1.82, 2.24) is 0 Å². The standard InChI is InChI=1S/C17H18N.C7H8N.CH3.Al/c1-13(2)15-9-6-10-17(11-15)18-12-16-8-5-4-7-14(16)3;1-6-3-2-4-7(8)5-6;;/h4-13H,3H2,1-2H3;2-5,8H,1H3;1H3;/q;-1;;+1. The van der Waals surface area contributed by atoms with Gasteiger partial charge in [-0.2, -0.15) is 0 Å².